The molecule has 0 spiro atoms. The maximum absolute atomic E-state index is 12.2. The highest BCUT2D eigenvalue weighted by Crippen LogP contribution is 2.22. The summed E-state index contributed by atoms with van der Waals surface area (Å²) < 4.78 is 3.09. The monoisotopic (exact) mass is 423 g/mol. The molecule has 3 rings (SSSR count). The molecule has 1 N–H and O–H groups in total. The second kappa shape index (κ2) is 7.08. The first-order chi connectivity index (χ1) is 11.5. The number of aryl methyl sites for hydroxylation is 1. The van der Waals surface area contributed by atoms with Crippen LogP contribution in [-0.2, 0) is 11.8 Å². The van der Waals surface area contributed by atoms with Crippen LogP contribution in [0.1, 0.15) is 5.56 Å². The molecule has 2 aromatic heterocycles. The lowest BCUT2D eigenvalue weighted by Crippen LogP contribution is -2.20. The molecule has 0 aliphatic carbocycles. The van der Waals surface area contributed by atoms with Gasteiger partial charge in [0.1, 0.15) is 4.70 Å². The molecule has 124 valence electrons. The highest BCUT2D eigenvalue weighted by Gasteiger charge is 2.12. The van der Waals surface area contributed by atoms with Crippen LogP contribution in [0.2, 0.25) is 0 Å². The van der Waals surface area contributed by atoms with E-state index >= 15 is 0 Å². The number of rotatable bonds is 4. The number of carbonyl (C=O) groups is 1. The van der Waals surface area contributed by atoms with E-state index in [-0.39, 0.29) is 17.2 Å². The molecule has 0 saturated carbocycles. The molecular formula is C16H14BrN3O2S2. The molecule has 0 aliphatic rings. The van der Waals surface area contributed by atoms with E-state index in [1.54, 1.807) is 7.05 Å². The minimum atomic E-state index is -0.134. The minimum absolute atomic E-state index is 0.0818. The van der Waals surface area contributed by atoms with Crippen LogP contribution in [-0.4, -0.2) is 21.2 Å². The molecule has 1 amide bonds. The first kappa shape index (κ1) is 17.2. The Morgan fingerprint density at radius 1 is 1.42 bits per heavy atom. The van der Waals surface area contributed by atoms with E-state index in [1.165, 1.54) is 27.7 Å². The van der Waals surface area contributed by atoms with Gasteiger partial charge < -0.3 is 5.32 Å². The van der Waals surface area contributed by atoms with E-state index in [9.17, 15) is 9.59 Å². The van der Waals surface area contributed by atoms with Gasteiger partial charge in [-0.2, -0.15) is 0 Å². The van der Waals surface area contributed by atoms with Gasteiger partial charge in [0.15, 0.2) is 5.16 Å². The molecule has 8 heteroatoms. The Morgan fingerprint density at radius 3 is 2.96 bits per heavy atom. The van der Waals surface area contributed by atoms with E-state index in [0.717, 1.165) is 15.7 Å². The third kappa shape index (κ3) is 3.55. The van der Waals surface area contributed by atoms with Gasteiger partial charge in [0.25, 0.3) is 5.56 Å². The van der Waals surface area contributed by atoms with E-state index < -0.39 is 0 Å². The lowest BCUT2D eigenvalue weighted by Gasteiger charge is -2.09. The number of nitrogens with one attached hydrogen (secondary N) is 1. The van der Waals surface area contributed by atoms with Crippen LogP contribution in [0, 0.1) is 6.92 Å². The number of amides is 1. The molecule has 0 saturated heterocycles. The summed E-state index contributed by atoms with van der Waals surface area (Å²) in [5.74, 6) is 0.0518. The maximum atomic E-state index is 12.2. The standard InChI is InChI=1S/C16H14BrN3O2S2/c1-9-7-10(17)3-4-11(9)18-13(21)8-24-16-19-12-5-6-23-14(12)15(22)20(16)2/h3-7H,8H2,1-2H3,(H,18,21). The molecule has 0 aliphatic heterocycles. The summed E-state index contributed by atoms with van der Waals surface area (Å²) in [6, 6.07) is 7.49. The van der Waals surface area contributed by atoms with Gasteiger partial charge in [0.05, 0.1) is 11.3 Å². The Morgan fingerprint density at radius 2 is 2.21 bits per heavy atom. The molecular weight excluding hydrogens is 410 g/mol. The molecule has 5 nitrogen and oxygen atoms in total. The maximum Gasteiger partial charge on any atom is 0.271 e. The number of nitrogens with zero attached hydrogens (tertiary/aromatic N) is 2. The van der Waals surface area contributed by atoms with Crippen molar-refractivity contribution in [3.63, 3.8) is 0 Å². The van der Waals surface area contributed by atoms with Gasteiger partial charge in [-0.1, -0.05) is 27.7 Å². The van der Waals surface area contributed by atoms with Gasteiger partial charge in [0.2, 0.25) is 5.91 Å². The predicted octanol–water partition coefficient (Wildman–Crippen LogP) is 3.80. The number of thiophene rings is 1. The molecule has 2 heterocycles. The predicted molar refractivity (Wildman–Crippen MR) is 103 cm³/mol. The van der Waals surface area contributed by atoms with E-state index in [2.05, 4.69) is 26.2 Å². The smallest absolute Gasteiger partial charge is 0.271 e. The number of anilines is 1. The van der Waals surface area contributed by atoms with Gasteiger partial charge >= 0.3 is 0 Å². The van der Waals surface area contributed by atoms with Crippen molar-refractivity contribution < 1.29 is 4.79 Å². The number of thioether (sulfide) groups is 1. The first-order valence-electron chi connectivity index (χ1n) is 7.09. The lowest BCUT2D eigenvalue weighted by molar-refractivity contribution is -0.113. The Hall–Kier alpha value is -1.64. The Balaban J connectivity index is 1.72. The van der Waals surface area contributed by atoms with Crippen molar-refractivity contribution in [1.29, 1.82) is 0 Å². The third-order valence-corrected chi connectivity index (χ3v) is 5.86. The summed E-state index contributed by atoms with van der Waals surface area (Å²) >= 11 is 6.03. The molecule has 0 unspecified atom stereocenters. The fourth-order valence-electron chi connectivity index (χ4n) is 2.18. The average molecular weight is 424 g/mol. The van der Waals surface area contributed by atoms with Gasteiger partial charge in [-0.15, -0.1) is 11.3 Å². The van der Waals surface area contributed by atoms with Crippen LogP contribution in [0.15, 0.2) is 44.1 Å². The molecule has 24 heavy (non-hydrogen) atoms. The zero-order valence-electron chi connectivity index (χ0n) is 13.0. The fraction of sp³-hybridized carbons (Fsp3) is 0.188. The van der Waals surface area contributed by atoms with E-state index in [1.807, 2.05) is 36.6 Å². The van der Waals surface area contributed by atoms with E-state index in [4.69, 9.17) is 0 Å². The summed E-state index contributed by atoms with van der Waals surface area (Å²) in [6.07, 6.45) is 0. The van der Waals surface area contributed by atoms with Crippen LogP contribution in [0.5, 0.6) is 0 Å². The van der Waals surface area contributed by atoms with Crippen molar-refractivity contribution in [2.24, 2.45) is 7.05 Å². The average Bonchev–Trinajstić information content (AvgIpc) is 3.01. The van der Waals surface area contributed by atoms with Crippen LogP contribution >= 0.6 is 39.0 Å². The molecule has 0 atom stereocenters. The quantitative estimate of drug-likeness (QED) is 0.511. The number of carbonyl (C=O) groups excluding carboxylic acids is 1. The SMILES string of the molecule is Cc1cc(Br)ccc1NC(=O)CSc1nc2ccsc2c(=O)n1C. The number of hydrogen-bond acceptors (Lipinski definition) is 5. The second-order valence-electron chi connectivity index (χ2n) is 5.19. The Bertz CT molecular complexity index is 981. The lowest BCUT2D eigenvalue weighted by atomic mass is 10.2. The normalized spacial score (nSPS) is 11.0. The molecule has 1 aromatic carbocycles. The number of fused-ring (bicyclic) bond motifs is 1. The summed E-state index contributed by atoms with van der Waals surface area (Å²) in [6.45, 7) is 1.93. The first-order valence-corrected chi connectivity index (χ1v) is 9.74. The molecule has 3 aromatic rings. The highest BCUT2D eigenvalue weighted by molar-refractivity contribution is 9.10. The van der Waals surface area contributed by atoms with Crippen LogP contribution in [0.25, 0.3) is 10.2 Å². The zero-order valence-corrected chi connectivity index (χ0v) is 16.2. The van der Waals surface area contributed by atoms with Crippen molar-refractivity contribution in [2.75, 3.05) is 11.1 Å². The van der Waals surface area contributed by atoms with Gasteiger partial charge in [-0.25, -0.2) is 4.98 Å². The largest absolute Gasteiger partial charge is 0.325 e. The third-order valence-electron chi connectivity index (χ3n) is 3.44. The minimum Gasteiger partial charge on any atom is -0.325 e. The van der Waals surface area contributed by atoms with Crippen LogP contribution < -0.4 is 10.9 Å². The summed E-state index contributed by atoms with van der Waals surface area (Å²) in [4.78, 5) is 28.9. The summed E-state index contributed by atoms with van der Waals surface area (Å²) in [5.41, 5.74) is 2.35. The van der Waals surface area contributed by atoms with Crippen molar-refractivity contribution in [2.45, 2.75) is 12.1 Å². The topological polar surface area (TPSA) is 64.0 Å². The second-order valence-corrected chi connectivity index (χ2v) is 7.96. The molecule has 0 bridgehead atoms. The van der Waals surface area contributed by atoms with Crippen molar-refractivity contribution >= 4 is 60.8 Å². The molecule has 0 radical (unpaired) electrons. The number of benzene rings is 1. The summed E-state index contributed by atoms with van der Waals surface area (Å²) in [7, 11) is 1.67. The van der Waals surface area contributed by atoms with Crippen LogP contribution in [0.4, 0.5) is 5.69 Å². The Kier molecular flexibility index (Phi) is 5.07. The van der Waals surface area contributed by atoms with Crippen molar-refractivity contribution in [3.8, 4) is 0 Å². The van der Waals surface area contributed by atoms with E-state index in [0.29, 0.717) is 15.4 Å². The van der Waals surface area contributed by atoms with Crippen LogP contribution in [0.3, 0.4) is 0 Å². The Labute approximate surface area is 155 Å². The van der Waals surface area contributed by atoms with Crippen molar-refractivity contribution in [3.05, 3.63) is 50.0 Å². The zero-order chi connectivity index (χ0) is 17.3. The highest BCUT2D eigenvalue weighted by atomic mass is 79.9. The fourth-order valence-corrected chi connectivity index (χ4v) is 4.23. The molecule has 0 fully saturated rings. The summed E-state index contributed by atoms with van der Waals surface area (Å²) in [5, 5.41) is 5.26. The number of halogens is 1. The van der Waals surface area contributed by atoms with Crippen molar-refractivity contribution in [1.82, 2.24) is 9.55 Å². The van der Waals surface area contributed by atoms with Gasteiger partial charge in [-0.3, -0.25) is 14.2 Å². The van der Waals surface area contributed by atoms with Gasteiger partial charge in [0, 0.05) is 17.2 Å². The number of aromatic nitrogens is 2. The number of hydrogen-bond donors (Lipinski definition) is 1. The van der Waals surface area contributed by atoms with Gasteiger partial charge in [-0.05, 0) is 42.1 Å².